The number of fused-ring (bicyclic) bond motifs is 4. The summed E-state index contributed by atoms with van der Waals surface area (Å²) >= 11 is 0. The van der Waals surface area contributed by atoms with Gasteiger partial charge in [-0.3, -0.25) is 0 Å². The number of hydrogen-bond acceptors (Lipinski definition) is 7. The van der Waals surface area contributed by atoms with Crippen molar-refractivity contribution in [1.29, 1.82) is 0 Å². The molecule has 204 valence electrons. The van der Waals surface area contributed by atoms with Crippen LogP contribution in [0.4, 0.5) is 0 Å². The van der Waals surface area contributed by atoms with Crippen LogP contribution in [-0.2, 0) is 35.1 Å². The second kappa shape index (κ2) is 8.75. The van der Waals surface area contributed by atoms with E-state index >= 15 is 0 Å². The lowest BCUT2D eigenvalue weighted by Gasteiger charge is -2.37. The molecule has 2 heterocycles. The molecule has 3 saturated carbocycles. The smallest absolute Gasteiger partial charge is 0.338 e. The van der Waals surface area contributed by atoms with Gasteiger partial charge in [0.15, 0.2) is 18.2 Å². The summed E-state index contributed by atoms with van der Waals surface area (Å²) in [7, 11) is 0. The zero-order valence-corrected chi connectivity index (χ0v) is 22.8. The van der Waals surface area contributed by atoms with Crippen molar-refractivity contribution in [3.63, 3.8) is 0 Å². The number of ether oxygens (including phenoxy) is 5. The summed E-state index contributed by atoms with van der Waals surface area (Å²) in [5, 5.41) is 11.8. The topological polar surface area (TPSA) is 83.5 Å². The zero-order chi connectivity index (χ0) is 26.2. The Morgan fingerprint density at radius 2 is 1.78 bits per heavy atom. The van der Waals surface area contributed by atoms with Crippen molar-refractivity contribution < 1.29 is 33.6 Å². The van der Waals surface area contributed by atoms with Gasteiger partial charge in [-0.05, 0) is 80.1 Å². The molecule has 0 bridgehead atoms. The third kappa shape index (κ3) is 4.65. The Balaban J connectivity index is 1.15. The zero-order valence-electron chi connectivity index (χ0n) is 22.8. The van der Waals surface area contributed by atoms with E-state index in [4.69, 9.17) is 23.7 Å². The number of rotatable bonds is 6. The van der Waals surface area contributed by atoms with Crippen LogP contribution in [0, 0.1) is 28.6 Å². The van der Waals surface area contributed by atoms with Crippen LogP contribution in [0.25, 0.3) is 0 Å². The van der Waals surface area contributed by atoms with Gasteiger partial charge in [-0.1, -0.05) is 51.1 Å². The highest BCUT2D eigenvalue weighted by molar-refractivity contribution is 5.76. The minimum Gasteiger partial charge on any atom is -0.461 e. The van der Waals surface area contributed by atoms with E-state index in [1.807, 2.05) is 44.2 Å². The molecule has 7 heteroatoms. The lowest BCUT2D eigenvalue weighted by atomic mass is 9.72. The SMILES string of the molecule is CC1(C)CC2C[C@@]2(C)[C@@H]2CC[C@@](O)(COC(=O)C3OC4OC(C)(C)OC4C3OCc3ccccc3)[C@H]2C1. The van der Waals surface area contributed by atoms with Crippen LogP contribution in [0.1, 0.15) is 72.3 Å². The van der Waals surface area contributed by atoms with E-state index in [1.54, 1.807) is 0 Å². The summed E-state index contributed by atoms with van der Waals surface area (Å²) in [5.74, 6) is 0.0128. The molecule has 5 fully saturated rings. The summed E-state index contributed by atoms with van der Waals surface area (Å²) in [5.41, 5.74) is 0.470. The Hall–Kier alpha value is -1.51. The highest BCUT2D eigenvalue weighted by Gasteiger charge is 2.66. The van der Waals surface area contributed by atoms with Gasteiger partial charge in [-0.15, -0.1) is 0 Å². The van der Waals surface area contributed by atoms with E-state index in [-0.39, 0.29) is 17.9 Å². The molecule has 5 unspecified atom stereocenters. The molecule has 0 amide bonds. The summed E-state index contributed by atoms with van der Waals surface area (Å²) in [6, 6.07) is 9.80. The first kappa shape index (κ1) is 25.8. The average molecular weight is 515 g/mol. The predicted octanol–water partition coefficient (Wildman–Crippen LogP) is 4.59. The van der Waals surface area contributed by atoms with Crippen LogP contribution >= 0.6 is 0 Å². The van der Waals surface area contributed by atoms with Crippen molar-refractivity contribution in [2.24, 2.45) is 28.6 Å². The number of hydrogen-bond donors (Lipinski definition) is 1. The van der Waals surface area contributed by atoms with E-state index in [0.717, 1.165) is 24.3 Å². The summed E-state index contributed by atoms with van der Waals surface area (Å²) in [6.07, 6.45) is 2.18. The monoisotopic (exact) mass is 514 g/mol. The number of benzene rings is 1. The normalized spacial score (nSPS) is 45.0. The fourth-order valence-electron chi connectivity index (χ4n) is 7.94. The first-order valence-corrected chi connectivity index (χ1v) is 13.9. The van der Waals surface area contributed by atoms with E-state index in [1.165, 1.54) is 12.8 Å². The Bertz CT molecular complexity index is 1020. The maximum Gasteiger partial charge on any atom is 0.338 e. The molecule has 9 atom stereocenters. The minimum absolute atomic E-state index is 0.0162. The Morgan fingerprint density at radius 1 is 1.03 bits per heavy atom. The second-order valence-corrected chi connectivity index (χ2v) is 13.7. The molecular weight excluding hydrogens is 472 g/mol. The van der Waals surface area contributed by atoms with Gasteiger partial charge in [-0.2, -0.15) is 0 Å². The van der Waals surface area contributed by atoms with Crippen LogP contribution in [0.3, 0.4) is 0 Å². The molecule has 1 aromatic carbocycles. The fraction of sp³-hybridized carbons (Fsp3) is 0.767. The van der Waals surface area contributed by atoms with Gasteiger partial charge < -0.3 is 28.8 Å². The van der Waals surface area contributed by atoms with Crippen molar-refractivity contribution >= 4 is 5.97 Å². The number of carbonyl (C=O) groups is 1. The van der Waals surface area contributed by atoms with Crippen molar-refractivity contribution in [3.8, 4) is 0 Å². The van der Waals surface area contributed by atoms with Gasteiger partial charge in [0.25, 0.3) is 0 Å². The van der Waals surface area contributed by atoms with Gasteiger partial charge in [0.2, 0.25) is 0 Å². The molecule has 3 aliphatic carbocycles. The van der Waals surface area contributed by atoms with Gasteiger partial charge in [0.05, 0.1) is 6.61 Å². The quantitative estimate of drug-likeness (QED) is 0.556. The Kier molecular flexibility index (Phi) is 6.09. The highest BCUT2D eigenvalue weighted by atomic mass is 16.8. The maximum absolute atomic E-state index is 13.4. The molecule has 0 spiro atoms. The molecule has 7 nitrogen and oxygen atoms in total. The Labute approximate surface area is 220 Å². The predicted molar refractivity (Wildman–Crippen MR) is 135 cm³/mol. The van der Waals surface area contributed by atoms with Crippen molar-refractivity contribution in [1.82, 2.24) is 0 Å². The van der Waals surface area contributed by atoms with Crippen molar-refractivity contribution in [3.05, 3.63) is 35.9 Å². The van der Waals surface area contributed by atoms with E-state index in [2.05, 4.69) is 20.8 Å². The molecule has 1 N–H and O–H groups in total. The lowest BCUT2D eigenvalue weighted by molar-refractivity contribution is -0.226. The largest absolute Gasteiger partial charge is 0.461 e. The van der Waals surface area contributed by atoms with Crippen LogP contribution in [-0.4, -0.2) is 53.7 Å². The standard InChI is InChI=1S/C30H42O7/c1-27(2)13-19-14-29(19,5)20-11-12-30(32,21(20)15-27)17-34-25(31)23-22(33-16-18-9-7-6-8-10-18)24-26(35-23)37-28(3,4)36-24/h6-10,19-24,26,32H,11-17H2,1-5H3/t19?,20-,21+,22?,23?,24?,26?,29-,30-/m1/s1. The van der Waals surface area contributed by atoms with Crippen molar-refractivity contribution in [2.75, 3.05) is 6.61 Å². The van der Waals surface area contributed by atoms with Crippen LogP contribution in [0.5, 0.6) is 0 Å². The number of esters is 1. The van der Waals surface area contributed by atoms with E-state index < -0.39 is 42.0 Å². The fourth-order valence-corrected chi connectivity index (χ4v) is 7.94. The van der Waals surface area contributed by atoms with Gasteiger partial charge in [0, 0.05) is 0 Å². The third-order valence-corrected chi connectivity index (χ3v) is 9.91. The second-order valence-electron chi connectivity index (χ2n) is 13.7. The summed E-state index contributed by atoms with van der Waals surface area (Å²) in [4.78, 5) is 13.4. The Morgan fingerprint density at radius 3 is 2.54 bits per heavy atom. The molecule has 0 radical (unpaired) electrons. The molecule has 5 aliphatic rings. The maximum atomic E-state index is 13.4. The van der Waals surface area contributed by atoms with Gasteiger partial charge >= 0.3 is 5.97 Å². The van der Waals surface area contributed by atoms with Crippen LogP contribution in [0.2, 0.25) is 0 Å². The number of carbonyl (C=O) groups excluding carboxylic acids is 1. The highest BCUT2D eigenvalue weighted by Crippen LogP contribution is 2.70. The molecule has 2 aliphatic heterocycles. The van der Waals surface area contributed by atoms with Crippen LogP contribution in [0.15, 0.2) is 30.3 Å². The molecular formula is C30H42O7. The van der Waals surface area contributed by atoms with Gasteiger partial charge in [0.1, 0.15) is 24.4 Å². The lowest BCUT2D eigenvalue weighted by Crippen LogP contribution is -2.46. The average Bonchev–Trinajstić information content (AvgIpc) is 3.07. The van der Waals surface area contributed by atoms with E-state index in [9.17, 15) is 9.90 Å². The summed E-state index contributed by atoms with van der Waals surface area (Å²) < 4.78 is 30.0. The first-order valence-electron chi connectivity index (χ1n) is 13.9. The van der Waals surface area contributed by atoms with Crippen LogP contribution < -0.4 is 0 Å². The van der Waals surface area contributed by atoms with Crippen molar-refractivity contribution in [2.45, 2.75) is 109 Å². The van der Waals surface area contributed by atoms with E-state index in [0.29, 0.717) is 24.4 Å². The molecule has 1 aromatic rings. The van der Waals surface area contributed by atoms with Gasteiger partial charge in [-0.25, -0.2) is 4.79 Å². The molecule has 2 saturated heterocycles. The first-order chi connectivity index (χ1) is 17.4. The molecule has 0 aromatic heterocycles. The summed E-state index contributed by atoms with van der Waals surface area (Å²) in [6.45, 7) is 11.0. The minimum atomic E-state index is -1.01. The molecule has 6 rings (SSSR count). The molecule has 37 heavy (non-hydrogen) atoms. The number of aliphatic hydroxyl groups is 1. The third-order valence-electron chi connectivity index (χ3n) is 9.91.